The molecular weight excluding hydrogens is 369 g/mol. The van der Waals surface area contributed by atoms with Crippen LogP contribution in [0.2, 0.25) is 0 Å². The average Bonchev–Trinajstić information content (AvgIpc) is 2.68. The van der Waals surface area contributed by atoms with E-state index in [-0.39, 0.29) is 23.4 Å². The number of carbonyl (C=O) groups is 1. The van der Waals surface area contributed by atoms with Crippen molar-refractivity contribution < 1.29 is 18.0 Å². The van der Waals surface area contributed by atoms with Crippen LogP contribution in [-0.2, 0) is 6.18 Å². The predicted molar refractivity (Wildman–Crippen MR) is 99.9 cm³/mol. The third-order valence-corrected chi connectivity index (χ3v) is 4.00. The number of rotatable bonds is 5. The number of alkyl halides is 3. The summed E-state index contributed by atoms with van der Waals surface area (Å²) in [6.07, 6.45) is -2.99. The molecule has 1 atom stereocenters. The maximum Gasteiger partial charge on any atom is 0.416 e. The zero-order valence-corrected chi connectivity index (χ0v) is 14.9. The Morgan fingerprint density at radius 3 is 2.32 bits per heavy atom. The first kappa shape index (κ1) is 19.3. The fourth-order valence-corrected chi connectivity index (χ4v) is 2.51. The zero-order chi connectivity index (χ0) is 20.1. The van der Waals surface area contributed by atoms with Crippen molar-refractivity contribution in [1.82, 2.24) is 9.97 Å². The molecule has 0 fully saturated rings. The minimum atomic E-state index is -4.43. The molecular formula is C20H17F3N4O. The van der Waals surface area contributed by atoms with Crippen molar-refractivity contribution in [3.05, 3.63) is 83.7 Å². The van der Waals surface area contributed by atoms with Gasteiger partial charge in [-0.1, -0.05) is 30.3 Å². The van der Waals surface area contributed by atoms with Crippen LogP contribution in [0.1, 0.15) is 34.6 Å². The Morgan fingerprint density at radius 1 is 1.00 bits per heavy atom. The molecule has 1 unspecified atom stereocenters. The van der Waals surface area contributed by atoms with Gasteiger partial charge in [0.1, 0.15) is 5.69 Å². The average molecular weight is 386 g/mol. The van der Waals surface area contributed by atoms with Crippen molar-refractivity contribution in [2.45, 2.75) is 19.1 Å². The van der Waals surface area contributed by atoms with E-state index in [0.29, 0.717) is 0 Å². The summed E-state index contributed by atoms with van der Waals surface area (Å²) in [5.41, 5.74) is 0.584. The van der Waals surface area contributed by atoms with Crippen molar-refractivity contribution in [3.63, 3.8) is 0 Å². The van der Waals surface area contributed by atoms with E-state index in [1.54, 1.807) is 0 Å². The van der Waals surface area contributed by atoms with Gasteiger partial charge in [-0.15, -0.1) is 0 Å². The largest absolute Gasteiger partial charge is 0.416 e. The van der Waals surface area contributed by atoms with Gasteiger partial charge in [-0.3, -0.25) is 4.79 Å². The van der Waals surface area contributed by atoms with E-state index in [4.69, 9.17) is 0 Å². The topological polar surface area (TPSA) is 66.9 Å². The van der Waals surface area contributed by atoms with Gasteiger partial charge in [0.2, 0.25) is 5.95 Å². The second-order valence-electron chi connectivity index (χ2n) is 6.07. The van der Waals surface area contributed by atoms with Crippen LogP contribution < -0.4 is 10.6 Å². The Kier molecular flexibility index (Phi) is 5.58. The molecule has 2 N–H and O–H groups in total. The number of anilines is 2. The van der Waals surface area contributed by atoms with Crippen molar-refractivity contribution in [3.8, 4) is 0 Å². The molecule has 5 nitrogen and oxygen atoms in total. The highest BCUT2D eigenvalue weighted by Crippen LogP contribution is 2.29. The predicted octanol–water partition coefficient (Wildman–Crippen LogP) is 4.92. The molecule has 0 radical (unpaired) electrons. The summed E-state index contributed by atoms with van der Waals surface area (Å²) in [5, 5.41) is 5.64. The molecule has 144 valence electrons. The van der Waals surface area contributed by atoms with Gasteiger partial charge < -0.3 is 10.6 Å². The Labute approximate surface area is 159 Å². The lowest BCUT2D eigenvalue weighted by molar-refractivity contribution is -0.137. The quantitative estimate of drug-likeness (QED) is 0.653. The van der Waals surface area contributed by atoms with E-state index in [1.165, 1.54) is 24.4 Å². The van der Waals surface area contributed by atoms with Crippen LogP contribution in [0.5, 0.6) is 0 Å². The van der Waals surface area contributed by atoms with Crippen LogP contribution in [0.4, 0.5) is 24.8 Å². The van der Waals surface area contributed by atoms with Gasteiger partial charge in [0.25, 0.3) is 5.91 Å². The lowest BCUT2D eigenvalue weighted by atomic mass is 10.1. The van der Waals surface area contributed by atoms with Crippen molar-refractivity contribution >= 4 is 17.5 Å². The molecule has 0 aliphatic carbocycles. The molecule has 1 heterocycles. The summed E-state index contributed by atoms with van der Waals surface area (Å²) in [6.45, 7) is 1.94. The van der Waals surface area contributed by atoms with Crippen molar-refractivity contribution in [2.24, 2.45) is 0 Å². The summed E-state index contributed by atoms with van der Waals surface area (Å²) >= 11 is 0. The first-order chi connectivity index (χ1) is 13.3. The van der Waals surface area contributed by atoms with Gasteiger partial charge in [-0.25, -0.2) is 9.97 Å². The Morgan fingerprint density at radius 2 is 1.68 bits per heavy atom. The second kappa shape index (κ2) is 8.08. The van der Waals surface area contributed by atoms with Crippen LogP contribution in [-0.4, -0.2) is 15.9 Å². The molecule has 0 saturated heterocycles. The second-order valence-corrected chi connectivity index (χ2v) is 6.07. The fourth-order valence-electron chi connectivity index (χ4n) is 2.51. The molecule has 0 aliphatic rings. The third-order valence-electron chi connectivity index (χ3n) is 4.00. The molecule has 0 aliphatic heterocycles. The molecule has 3 aromatic rings. The number of benzene rings is 2. The molecule has 0 saturated carbocycles. The Bertz CT molecular complexity index is 944. The van der Waals surface area contributed by atoms with Crippen LogP contribution in [0, 0.1) is 0 Å². The lowest BCUT2D eigenvalue weighted by Crippen LogP contribution is -2.16. The molecule has 0 spiro atoms. The van der Waals surface area contributed by atoms with E-state index in [9.17, 15) is 18.0 Å². The third kappa shape index (κ3) is 4.85. The van der Waals surface area contributed by atoms with E-state index >= 15 is 0 Å². The number of halogens is 3. The number of hydrogen-bond acceptors (Lipinski definition) is 4. The van der Waals surface area contributed by atoms with Crippen LogP contribution in [0.25, 0.3) is 0 Å². The maximum absolute atomic E-state index is 12.6. The van der Waals surface area contributed by atoms with E-state index in [2.05, 4.69) is 20.6 Å². The molecule has 1 amide bonds. The summed E-state index contributed by atoms with van der Waals surface area (Å²) in [4.78, 5) is 20.6. The molecule has 8 heteroatoms. The SMILES string of the molecule is CC(Nc1nccc(C(=O)Nc2ccc(C(F)(F)F)cc2)n1)c1ccccc1. The number of nitrogens with one attached hydrogen (secondary N) is 2. The fraction of sp³-hybridized carbons (Fsp3) is 0.150. The number of carbonyl (C=O) groups excluding carboxylic acids is 1. The Balaban J connectivity index is 1.68. The number of aromatic nitrogens is 2. The standard InChI is InChI=1S/C20H17F3N4O/c1-13(14-5-3-2-4-6-14)25-19-24-12-11-17(27-19)18(28)26-16-9-7-15(8-10-16)20(21,22)23/h2-13H,1H3,(H,26,28)(H,24,25,27). The number of amides is 1. The van der Waals surface area contributed by atoms with Gasteiger partial charge >= 0.3 is 6.18 Å². The minimum Gasteiger partial charge on any atom is -0.348 e. The van der Waals surface area contributed by atoms with E-state index < -0.39 is 17.6 Å². The molecule has 2 aromatic carbocycles. The van der Waals surface area contributed by atoms with E-state index in [0.717, 1.165) is 17.7 Å². The van der Waals surface area contributed by atoms with Gasteiger partial charge in [0, 0.05) is 11.9 Å². The van der Waals surface area contributed by atoms with Gasteiger partial charge in [0.05, 0.1) is 11.6 Å². The lowest BCUT2D eigenvalue weighted by Gasteiger charge is -2.14. The summed E-state index contributed by atoms with van der Waals surface area (Å²) < 4.78 is 37.8. The van der Waals surface area contributed by atoms with Gasteiger partial charge in [-0.2, -0.15) is 13.2 Å². The minimum absolute atomic E-state index is 0.0746. The van der Waals surface area contributed by atoms with Gasteiger partial charge in [-0.05, 0) is 42.8 Å². The zero-order valence-electron chi connectivity index (χ0n) is 14.9. The van der Waals surface area contributed by atoms with Crippen molar-refractivity contribution in [1.29, 1.82) is 0 Å². The number of hydrogen-bond donors (Lipinski definition) is 2. The Hall–Kier alpha value is -3.42. The first-order valence-corrected chi connectivity index (χ1v) is 8.46. The highest BCUT2D eigenvalue weighted by atomic mass is 19.4. The van der Waals surface area contributed by atoms with E-state index in [1.807, 2.05) is 37.3 Å². The monoisotopic (exact) mass is 386 g/mol. The van der Waals surface area contributed by atoms with Crippen LogP contribution >= 0.6 is 0 Å². The molecule has 28 heavy (non-hydrogen) atoms. The maximum atomic E-state index is 12.6. The smallest absolute Gasteiger partial charge is 0.348 e. The highest BCUT2D eigenvalue weighted by molar-refractivity contribution is 6.02. The summed E-state index contributed by atoms with van der Waals surface area (Å²) in [7, 11) is 0. The van der Waals surface area contributed by atoms with Gasteiger partial charge in [0.15, 0.2) is 0 Å². The normalized spacial score (nSPS) is 12.3. The first-order valence-electron chi connectivity index (χ1n) is 8.46. The van der Waals surface area contributed by atoms with Crippen LogP contribution in [0.3, 0.4) is 0 Å². The molecule has 3 rings (SSSR count). The summed E-state index contributed by atoms with van der Waals surface area (Å²) in [5.74, 6) is -0.269. The summed E-state index contributed by atoms with van der Waals surface area (Å²) in [6, 6.07) is 15.2. The highest BCUT2D eigenvalue weighted by Gasteiger charge is 2.30. The van der Waals surface area contributed by atoms with Crippen LogP contribution in [0.15, 0.2) is 66.9 Å². The number of nitrogens with zero attached hydrogens (tertiary/aromatic N) is 2. The molecule has 0 bridgehead atoms. The van der Waals surface area contributed by atoms with Crippen molar-refractivity contribution in [2.75, 3.05) is 10.6 Å². The molecule has 1 aromatic heterocycles.